The van der Waals surface area contributed by atoms with Crippen molar-refractivity contribution in [3.63, 3.8) is 0 Å². The van der Waals surface area contributed by atoms with Crippen molar-refractivity contribution in [2.45, 2.75) is 18.9 Å². The Kier molecular flexibility index (Phi) is 5.21. The van der Waals surface area contributed by atoms with Crippen LogP contribution >= 0.6 is 12.4 Å². The molecule has 0 aromatic carbocycles. The maximum atomic E-state index is 11.9. The van der Waals surface area contributed by atoms with Crippen LogP contribution < -0.4 is 5.73 Å². The SMILES string of the molecule is COCCS(=O)(=O)N1CC2CCC(N)C2C1.Cl. The average Bonchev–Trinajstić information content (AvgIpc) is 2.79. The first-order chi connectivity index (χ1) is 7.54. The molecule has 1 aliphatic carbocycles. The quantitative estimate of drug-likeness (QED) is 0.792. The van der Waals surface area contributed by atoms with Gasteiger partial charge in [0.1, 0.15) is 0 Å². The highest BCUT2D eigenvalue weighted by Crippen LogP contribution is 2.38. The molecule has 5 nitrogen and oxygen atoms in total. The van der Waals surface area contributed by atoms with Crippen LogP contribution in [-0.4, -0.2) is 51.3 Å². The minimum absolute atomic E-state index is 0. The van der Waals surface area contributed by atoms with Crippen LogP contribution in [0.15, 0.2) is 0 Å². The third-order valence-electron chi connectivity index (χ3n) is 3.82. The maximum absolute atomic E-state index is 11.9. The van der Waals surface area contributed by atoms with Gasteiger partial charge in [-0.3, -0.25) is 0 Å². The van der Waals surface area contributed by atoms with Crippen molar-refractivity contribution < 1.29 is 13.2 Å². The normalized spacial score (nSPS) is 33.4. The predicted molar refractivity (Wildman–Crippen MR) is 68.7 cm³/mol. The van der Waals surface area contributed by atoms with Gasteiger partial charge in [-0.2, -0.15) is 0 Å². The summed E-state index contributed by atoms with van der Waals surface area (Å²) in [7, 11) is -1.62. The highest BCUT2D eigenvalue weighted by molar-refractivity contribution is 7.89. The lowest BCUT2D eigenvalue weighted by molar-refractivity contribution is 0.215. The summed E-state index contributed by atoms with van der Waals surface area (Å²) < 4.78 is 30.3. The molecule has 0 bridgehead atoms. The van der Waals surface area contributed by atoms with Crippen LogP contribution in [-0.2, 0) is 14.8 Å². The second kappa shape index (κ2) is 5.84. The zero-order valence-electron chi connectivity index (χ0n) is 10.0. The Balaban J connectivity index is 0.00000144. The van der Waals surface area contributed by atoms with Gasteiger partial charge in [0.25, 0.3) is 0 Å². The number of rotatable bonds is 4. The zero-order chi connectivity index (χ0) is 11.8. The molecular weight excluding hydrogens is 264 g/mol. The van der Waals surface area contributed by atoms with Crippen LogP contribution in [0.25, 0.3) is 0 Å². The van der Waals surface area contributed by atoms with Gasteiger partial charge in [0, 0.05) is 26.2 Å². The number of nitrogens with two attached hydrogens (primary N) is 1. The Labute approximate surface area is 109 Å². The van der Waals surface area contributed by atoms with Gasteiger partial charge in [0.2, 0.25) is 10.0 Å². The average molecular weight is 285 g/mol. The van der Waals surface area contributed by atoms with Crippen LogP contribution in [0.4, 0.5) is 0 Å². The topological polar surface area (TPSA) is 72.6 Å². The molecule has 3 atom stereocenters. The third-order valence-corrected chi connectivity index (χ3v) is 5.59. The van der Waals surface area contributed by atoms with E-state index in [1.807, 2.05) is 0 Å². The molecule has 1 aliphatic heterocycles. The van der Waals surface area contributed by atoms with Crippen molar-refractivity contribution in [1.82, 2.24) is 4.31 Å². The van der Waals surface area contributed by atoms with Crippen molar-refractivity contribution in [3.05, 3.63) is 0 Å². The Morgan fingerprint density at radius 3 is 2.65 bits per heavy atom. The number of nitrogens with zero attached hydrogens (tertiary/aromatic N) is 1. The van der Waals surface area contributed by atoms with E-state index >= 15 is 0 Å². The summed E-state index contributed by atoms with van der Waals surface area (Å²) in [6, 6.07) is 0.188. The zero-order valence-corrected chi connectivity index (χ0v) is 11.7. The monoisotopic (exact) mass is 284 g/mol. The lowest BCUT2D eigenvalue weighted by atomic mass is 9.98. The number of hydrogen-bond donors (Lipinski definition) is 1. The van der Waals surface area contributed by atoms with Crippen molar-refractivity contribution in [2.24, 2.45) is 17.6 Å². The molecule has 1 saturated carbocycles. The minimum Gasteiger partial charge on any atom is -0.384 e. The molecule has 0 radical (unpaired) electrons. The molecule has 2 aliphatic rings. The molecule has 3 unspecified atom stereocenters. The lowest BCUT2D eigenvalue weighted by Gasteiger charge is -2.18. The Hall–Kier alpha value is 0.120. The molecule has 2 N–H and O–H groups in total. The van der Waals surface area contributed by atoms with Gasteiger partial charge in [0.05, 0.1) is 12.4 Å². The van der Waals surface area contributed by atoms with E-state index in [1.165, 1.54) is 7.11 Å². The van der Waals surface area contributed by atoms with Crippen LogP contribution in [0, 0.1) is 11.8 Å². The van der Waals surface area contributed by atoms with E-state index in [0.29, 0.717) is 24.9 Å². The summed E-state index contributed by atoms with van der Waals surface area (Å²) in [6.45, 7) is 1.53. The van der Waals surface area contributed by atoms with Gasteiger partial charge in [-0.05, 0) is 24.7 Å². The van der Waals surface area contributed by atoms with Crippen molar-refractivity contribution in [1.29, 1.82) is 0 Å². The first-order valence-electron chi connectivity index (χ1n) is 5.77. The fourth-order valence-electron chi connectivity index (χ4n) is 2.81. The number of sulfonamides is 1. The molecule has 7 heteroatoms. The van der Waals surface area contributed by atoms with E-state index in [9.17, 15) is 8.42 Å². The summed E-state index contributed by atoms with van der Waals surface area (Å²) in [6.07, 6.45) is 2.11. The number of halogens is 1. The Bertz CT molecular complexity index is 349. The molecule has 0 aromatic rings. The molecule has 1 saturated heterocycles. The first kappa shape index (κ1) is 15.2. The predicted octanol–water partition coefficient (Wildman–Crippen LogP) is 0.0535. The number of methoxy groups -OCH3 is 1. The maximum Gasteiger partial charge on any atom is 0.216 e. The highest BCUT2D eigenvalue weighted by Gasteiger charge is 2.44. The smallest absolute Gasteiger partial charge is 0.216 e. The van der Waals surface area contributed by atoms with Gasteiger partial charge in [-0.15, -0.1) is 12.4 Å². The molecule has 17 heavy (non-hydrogen) atoms. The fourth-order valence-corrected chi connectivity index (χ4v) is 4.26. The summed E-state index contributed by atoms with van der Waals surface area (Å²) >= 11 is 0. The molecule has 2 fully saturated rings. The summed E-state index contributed by atoms with van der Waals surface area (Å²) in [5.41, 5.74) is 5.98. The number of fused-ring (bicyclic) bond motifs is 1. The highest BCUT2D eigenvalue weighted by atomic mass is 35.5. The van der Waals surface area contributed by atoms with Crippen LogP contribution in [0.2, 0.25) is 0 Å². The Morgan fingerprint density at radius 2 is 2.06 bits per heavy atom. The fraction of sp³-hybridized carbons (Fsp3) is 1.00. The molecule has 102 valence electrons. The summed E-state index contributed by atoms with van der Waals surface area (Å²) in [4.78, 5) is 0. The standard InChI is InChI=1S/C10H20N2O3S.ClH/c1-15-4-5-16(13,14)12-6-8-2-3-10(11)9(8)7-12;/h8-10H,2-7,11H2,1H3;1H. The van der Waals surface area contributed by atoms with Crippen LogP contribution in [0.5, 0.6) is 0 Å². The van der Waals surface area contributed by atoms with Crippen molar-refractivity contribution in [3.8, 4) is 0 Å². The van der Waals surface area contributed by atoms with Gasteiger partial charge in [0.15, 0.2) is 0 Å². The second-order valence-electron chi connectivity index (χ2n) is 4.79. The van der Waals surface area contributed by atoms with Gasteiger partial charge >= 0.3 is 0 Å². The molecule has 2 rings (SSSR count). The minimum atomic E-state index is -3.13. The van der Waals surface area contributed by atoms with Crippen LogP contribution in [0.1, 0.15) is 12.8 Å². The molecule has 0 aromatic heterocycles. The number of ether oxygens (including phenoxy) is 1. The van der Waals surface area contributed by atoms with E-state index in [2.05, 4.69) is 0 Å². The largest absolute Gasteiger partial charge is 0.384 e. The third kappa shape index (κ3) is 3.12. The number of hydrogen-bond acceptors (Lipinski definition) is 4. The first-order valence-corrected chi connectivity index (χ1v) is 7.38. The van der Waals surface area contributed by atoms with Gasteiger partial charge in [-0.1, -0.05) is 0 Å². The van der Waals surface area contributed by atoms with Crippen molar-refractivity contribution in [2.75, 3.05) is 32.6 Å². The summed E-state index contributed by atoms with van der Waals surface area (Å²) in [5, 5.41) is 0. The molecule has 1 heterocycles. The molecule has 0 spiro atoms. The van der Waals surface area contributed by atoms with E-state index in [4.69, 9.17) is 10.5 Å². The lowest BCUT2D eigenvalue weighted by Crippen LogP contribution is -2.35. The second-order valence-corrected chi connectivity index (χ2v) is 6.88. The van der Waals surface area contributed by atoms with Gasteiger partial charge < -0.3 is 10.5 Å². The van der Waals surface area contributed by atoms with E-state index in [0.717, 1.165) is 12.8 Å². The van der Waals surface area contributed by atoms with E-state index in [-0.39, 0.29) is 30.8 Å². The van der Waals surface area contributed by atoms with Crippen molar-refractivity contribution >= 4 is 22.4 Å². The van der Waals surface area contributed by atoms with Gasteiger partial charge in [-0.25, -0.2) is 12.7 Å². The summed E-state index contributed by atoms with van der Waals surface area (Å²) in [5.74, 6) is 0.933. The Morgan fingerprint density at radius 1 is 1.35 bits per heavy atom. The molecular formula is C10H21ClN2O3S. The molecule has 0 amide bonds. The van der Waals surface area contributed by atoms with E-state index < -0.39 is 10.0 Å². The van der Waals surface area contributed by atoms with E-state index in [1.54, 1.807) is 4.31 Å². The van der Waals surface area contributed by atoms with Crippen LogP contribution in [0.3, 0.4) is 0 Å².